The number of benzene rings is 1. The van der Waals surface area contributed by atoms with Crippen LogP contribution in [0.1, 0.15) is 21.8 Å². The summed E-state index contributed by atoms with van der Waals surface area (Å²) in [6.07, 6.45) is 3.47. The van der Waals surface area contributed by atoms with Crippen molar-refractivity contribution in [3.8, 4) is 0 Å². The van der Waals surface area contributed by atoms with Crippen LogP contribution in [0.25, 0.3) is 6.08 Å². The van der Waals surface area contributed by atoms with Gasteiger partial charge in [0.15, 0.2) is 0 Å². The van der Waals surface area contributed by atoms with Crippen LogP contribution in [0.4, 0.5) is 0 Å². The summed E-state index contributed by atoms with van der Waals surface area (Å²) in [5, 5.41) is 3.14. The number of carbonyl (C=O) groups excluding carboxylic acids is 1. The minimum atomic E-state index is -0.0201. The molecule has 1 fully saturated rings. The largest absolute Gasteiger partial charge is 0.379 e. The smallest absolute Gasteiger partial charge is 0.246 e. The normalized spacial score (nSPS) is 15.5. The van der Waals surface area contributed by atoms with Crippen molar-refractivity contribution < 1.29 is 9.53 Å². The van der Waals surface area contributed by atoms with E-state index in [-0.39, 0.29) is 5.91 Å². The Balaban J connectivity index is 1.51. The third kappa shape index (κ3) is 5.49. The van der Waals surface area contributed by atoms with Gasteiger partial charge in [-0.1, -0.05) is 29.8 Å². The first kappa shape index (κ1) is 18.8. The van der Waals surface area contributed by atoms with E-state index in [9.17, 15) is 4.79 Å². The van der Waals surface area contributed by atoms with Crippen LogP contribution in [0.15, 0.2) is 35.7 Å². The monoisotopic (exact) mass is 371 g/mol. The van der Waals surface area contributed by atoms with Crippen LogP contribution in [0.2, 0.25) is 0 Å². The fraction of sp³-hybridized carbons (Fsp3) is 0.400. The van der Waals surface area contributed by atoms with Gasteiger partial charge in [-0.2, -0.15) is 0 Å². The van der Waals surface area contributed by atoms with Gasteiger partial charge in [-0.05, 0) is 18.6 Å². The van der Waals surface area contributed by atoms with Gasteiger partial charge in [0.1, 0.15) is 5.01 Å². The molecular weight excluding hydrogens is 346 g/mol. The molecule has 6 heteroatoms. The minimum Gasteiger partial charge on any atom is -0.379 e. The zero-order valence-electron chi connectivity index (χ0n) is 15.4. The van der Waals surface area contributed by atoms with Crippen molar-refractivity contribution in [1.29, 1.82) is 0 Å². The van der Waals surface area contributed by atoms with E-state index in [1.165, 1.54) is 5.56 Å². The summed E-state index contributed by atoms with van der Waals surface area (Å²) in [7, 11) is 1.81. The Labute approximate surface area is 158 Å². The van der Waals surface area contributed by atoms with E-state index in [4.69, 9.17) is 4.74 Å². The first-order valence-corrected chi connectivity index (χ1v) is 9.71. The molecule has 2 heterocycles. The maximum atomic E-state index is 12.3. The van der Waals surface area contributed by atoms with Crippen LogP contribution in [-0.2, 0) is 22.6 Å². The number of morpholine rings is 1. The summed E-state index contributed by atoms with van der Waals surface area (Å²) < 4.78 is 5.37. The lowest BCUT2D eigenvalue weighted by Crippen LogP contribution is -2.35. The lowest BCUT2D eigenvalue weighted by molar-refractivity contribution is -0.125. The molecule has 0 spiro atoms. The van der Waals surface area contributed by atoms with E-state index < -0.39 is 0 Å². The maximum Gasteiger partial charge on any atom is 0.246 e. The predicted molar refractivity (Wildman–Crippen MR) is 105 cm³/mol. The van der Waals surface area contributed by atoms with Crippen molar-refractivity contribution in [2.75, 3.05) is 33.4 Å². The van der Waals surface area contributed by atoms with Crippen LogP contribution in [-0.4, -0.2) is 54.0 Å². The molecule has 26 heavy (non-hydrogen) atoms. The Morgan fingerprint density at radius 1 is 1.31 bits per heavy atom. The van der Waals surface area contributed by atoms with E-state index in [1.54, 1.807) is 22.3 Å². The molecule has 5 nitrogen and oxygen atoms in total. The predicted octanol–water partition coefficient (Wildman–Crippen LogP) is 2.96. The molecule has 0 bridgehead atoms. The second kappa shape index (κ2) is 9.07. The van der Waals surface area contributed by atoms with Gasteiger partial charge in [-0.15, -0.1) is 11.3 Å². The first-order valence-electron chi connectivity index (χ1n) is 8.83. The number of likely N-dealkylation sites (N-methyl/N-ethyl adjacent to an activating group) is 1. The second-order valence-electron chi connectivity index (χ2n) is 6.56. The molecule has 1 aliphatic heterocycles. The summed E-state index contributed by atoms with van der Waals surface area (Å²) in [4.78, 5) is 21.0. The maximum absolute atomic E-state index is 12.3. The van der Waals surface area contributed by atoms with Crippen molar-refractivity contribution in [2.24, 2.45) is 0 Å². The Morgan fingerprint density at radius 3 is 2.77 bits per heavy atom. The second-order valence-corrected chi connectivity index (χ2v) is 7.50. The lowest BCUT2D eigenvalue weighted by atomic mass is 10.1. The highest BCUT2D eigenvalue weighted by molar-refractivity contribution is 7.09. The average Bonchev–Trinajstić information content (AvgIpc) is 3.08. The van der Waals surface area contributed by atoms with Crippen molar-refractivity contribution in [2.45, 2.75) is 20.0 Å². The molecule has 0 atom stereocenters. The number of hydrogen-bond donors (Lipinski definition) is 0. The van der Waals surface area contributed by atoms with E-state index >= 15 is 0 Å². The zero-order chi connectivity index (χ0) is 18.4. The van der Waals surface area contributed by atoms with Gasteiger partial charge in [0.25, 0.3) is 0 Å². The number of hydrogen-bond acceptors (Lipinski definition) is 5. The highest BCUT2D eigenvalue weighted by Gasteiger charge is 2.14. The van der Waals surface area contributed by atoms with Crippen LogP contribution in [0.5, 0.6) is 0 Å². The Bertz CT molecular complexity index is 749. The number of rotatable bonds is 6. The summed E-state index contributed by atoms with van der Waals surface area (Å²) in [6, 6.07) is 8.10. The molecule has 1 saturated heterocycles. The van der Waals surface area contributed by atoms with E-state index in [0.29, 0.717) is 6.54 Å². The van der Waals surface area contributed by atoms with Crippen molar-refractivity contribution >= 4 is 23.3 Å². The van der Waals surface area contributed by atoms with Crippen LogP contribution in [0, 0.1) is 6.92 Å². The molecule has 1 aromatic carbocycles. The standard InChI is InChI=1S/C20H25N3O2S/c1-16-3-5-17(6-4-16)7-8-20(24)22(2)13-18-15-26-19(21-18)14-23-9-11-25-12-10-23/h3-8,15H,9-14H2,1-2H3/b8-7+. The molecule has 0 aliphatic carbocycles. The Morgan fingerprint density at radius 2 is 2.04 bits per heavy atom. The molecular formula is C20H25N3O2S. The number of carbonyl (C=O) groups is 1. The van der Waals surface area contributed by atoms with Gasteiger partial charge in [-0.25, -0.2) is 4.98 Å². The Hall–Kier alpha value is -2.02. The quantitative estimate of drug-likeness (QED) is 0.733. The van der Waals surface area contributed by atoms with Gasteiger partial charge < -0.3 is 9.64 Å². The number of aryl methyl sites for hydroxylation is 1. The summed E-state index contributed by atoms with van der Waals surface area (Å²) >= 11 is 1.66. The molecule has 1 aromatic heterocycles. The topological polar surface area (TPSA) is 45.7 Å². The highest BCUT2D eigenvalue weighted by atomic mass is 32.1. The number of amides is 1. The SMILES string of the molecule is Cc1ccc(/C=C/C(=O)N(C)Cc2csc(CN3CCOCC3)n2)cc1. The number of thiazole rings is 1. The summed E-state index contributed by atoms with van der Waals surface area (Å²) in [5.41, 5.74) is 3.18. The molecule has 1 amide bonds. The van der Waals surface area contributed by atoms with Crippen LogP contribution >= 0.6 is 11.3 Å². The fourth-order valence-electron chi connectivity index (χ4n) is 2.74. The molecule has 0 radical (unpaired) electrons. The van der Waals surface area contributed by atoms with Crippen LogP contribution < -0.4 is 0 Å². The average molecular weight is 372 g/mol. The number of nitrogens with zero attached hydrogens (tertiary/aromatic N) is 3. The van der Waals surface area contributed by atoms with E-state index in [2.05, 4.69) is 9.88 Å². The van der Waals surface area contributed by atoms with Crippen molar-refractivity contribution in [3.05, 3.63) is 57.6 Å². The first-order chi connectivity index (χ1) is 12.6. The van der Waals surface area contributed by atoms with Gasteiger partial charge in [0, 0.05) is 31.6 Å². The van der Waals surface area contributed by atoms with E-state index in [0.717, 1.165) is 49.1 Å². The summed E-state index contributed by atoms with van der Waals surface area (Å²) in [5.74, 6) is -0.0201. The molecule has 2 aromatic rings. The van der Waals surface area contributed by atoms with Gasteiger partial charge in [0.05, 0.1) is 32.0 Å². The Kier molecular flexibility index (Phi) is 6.55. The van der Waals surface area contributed by atoms with E-state index in [1.807, 2.05) is 49.7 Å². The molecule has 0 unspecified atom stereocenters. The number of ether oxygens (including phenoxy) is 1. The molecule has 3 rings (SSSR count). The van der Waals surface area contributed by atoms with Crippen molar-refractivity contribution in [1.82, 2.24) is 14.8 Å². The lowest BCUT2D eigenvalue weighted by Gasteiger charge is -2.25. The third-order valence-electron chi connectivity index (χ3n) is 4.33. The fourth-order valence-corrected chi connectivity index (χ4v) is 3.56. The van der Waals surface area contributed by atoms with Crippen molar-refractivity contribution in [3.63, 3.8) is 0 Å². The number of aromatic nitrogens is 1. The third-order valence-corrected chi connectivity index (χ3v) is 5.22. The molecule has 138 valence electrons. The van der Waals surface area contributed by atoms with Gasteiger partial charge >= 0.3 is 0 Å². The molecule has 0 N–H and O–H groups in total. The highest BCUT2D eigenvalue weighted by Crippen LogP contribution is 2.15. The zero-order valence-corrected chi connectivity index (χ0v) is 16.2. The summed E-state index contributed by atoms with van der Waals surface area (Å²) in [6.45, 7) is 6.93. The van der Waals surface area contributed by atoms with Crippen LogP contribution in [0.3, 0.4) is 0 Å². The van der Waals surface area contributed by atoms with Gasteiger partial charge in [-0.3, -0.25) is 9.69 Å². The molecule has 1 aliphatic rings. The minimum absolute atomic E-state index is 0.0201. The molecule has 0 saturated carbocycles. The van der Waals surface area contributed by atoms with Gasteiger partial charge in [0.2, 0.25) is 5.91 Å².